The number of hydrogen-bond acceptors (Lipinski definition) is 1. The number of benzene rings is 1. The van der Waals surface area contributed by atoms with Crippen LogP contribution in [0, 0.1) is 5.82 Å². The molecule has 1 nitrogen and oxygen atoms in total. The molecule has 0 fully saturated rings. The van der Waals surface area contributed by atoms with Crippen molar-refractivity contribution in [2.75, 3.05) is 0 Å². The van der Waals surface area contributed by atoms with Crippen LogP contribution in [0.25, 0.3) is 0 Å². The zero-order valence-corrected chi connectivity index (χ0v) is 10.4. The molecule has 1 rings (SSSR count). The average Bonchev–Trinajstić information content (AvgIpc) is 2.04. The lowest BCUT2D eigenvalue weighted by molar-refractivity contribution is 0.512. The van der Waals surface area contributed by atoms with Gasteiger partial charge in [0.15, 0.2) is 5.82 Å². The number of rotatable bonds is 2. The molecule has 0 radical (unpaired) electrons. The number of nitrogens with two attached hydrogens (primary N) is 1. The summed E-state index contributed by atoms with van der Waals surface area (Å²) in [6, 6.07) is 3.33. The van der Waals surface area contributed by atoms with Gasteiger partial charge < -0.3 is 5.73 Å². The minimum Gasteiger partial charge on any atom is -0.325 e. The summed E-state index contributed by atoms with van der Waals surface area (Å²) in [7, 11) is 0. The van der Waals surface area contributed by atoms with Crippen molar-refractivity contribution in [1.29, 1.82) is 0 Å². The highest BCUT2D eigenvalue weighted by molar-refractivity contribution is 9.10. The second-order valence-electron chi connectivity index (χ2n) is 4.00. The smallest absolute Gasteiger partial charge is 0.156 e. The van der Waals surface area contributed by atoms with Crippen molar-refractivity contribution in [3.05, 3.63) is 33.0 Å². The maximum atomic E-state index is 13.3. The van der Waals surface area contributed by atoms with Crippen LogP contribution in [0.2, 0.25) is 5.02 Å². The van der Waals surface area contributed by atoms with E-state index in [1.54, 1.807) is 12.1 Å². The van der Waals surface area contributed by atoms with E-state index in [9.17, 15) is 4.39 Å². The zero-order chi connectivity index (χ0) is 10.9. The summed E-state index contributed by atoms with van der Waals surface area (Å²) in [6.45, 7) is 3.79. The van der Waals surface area contributed by atoms with Gasteiger partial charge in [0, 0.05) is 5.54 Å². The average molecular weight is 281 g/mol. The first-order chi connectivity index (χ1) is 6.31. The molecule has 0 aromatic heterocycles. The highest BCUT2D eigenvalue weighted by atomic mass is 79.9. The van der Waals surface area contributed by atoms with Crippen molar-refractivity contribution in [2.24, 2.45) is 5.73 Å². The second kappa shape index (κ2) is 4.17. The summed E-state index contributed by atoms with van der Waals surface area (Å²) in [5.41, 5.74) is 6.32. The summed E-state index contributed by atoms with van der Waals surface area (Å²) in [4.78, 5) is 0. The molecule has 0 aliphatic carbocycles. The van der Waals surface area contributed by atoms with Crippen LogP contribution in [0.1, 0.15) is 19.4 Å². The minimum absolute atomic E-state index is 0.121. The first-order valence-electron chi connectivity index (χ1n) is 4.22. The predicted molar refractivity (Wildman–Crippen MR) is 61.1 cm³/mol. The Hall–Kier alpha value is -0.120. The normalized spacial score (nSPS) is 11.9. The highest BCUT2D eigenvalue weighted by Crippen LogP contribution is 2.28. The van der Waals surface area contributed by atoms with E-state index < -0.39 is 5.82 Å². The molecule has 0 aliphatic heterocycles. The quantitative estimate of drug-likeness (QED) is 0.824. The maximum absolute atomic E-state index is 13.3. The largest absolute Gasteiger partial charge is 0.325 e. The molecule has 0 amide bonds. The molecular weight excluding hydrogens is 268 g/mol. The van der Waals surface area contributed by atoms with E-state index in [0.717, 1.165) is 5.56 Å². The van der Waals surface area contributed by atoms with E-state index in [-0.39, 0.29) is 10.6 Å². The molecule has 0 unspecified atom stereocenters. The fourth-order valence-electron chi connectivity index (χ4n) is 1.19. The van der Waals surface area contributed by atoms with Crippen LogP contribution in [-0.2, 0) is 6.42 Å². The van der Waals surface area contributed by atoms with Gasteiger partial charge in [-0.25, -0.2) is 4.39 Å². The van der Waals surface area contributed by atoms with E-state index in [2.05, 4.69) is 15.9 Å². The lowest BCUT2D eigenvalue weighted by Gasteiger charge is -2.19. The summed E-state index contributed by atoms with van der Waals surface area (Å²) in [5, 5.41) is 0.121. The Bertz CT molecular complexity index is 347. The third kappa shape index (κ3) is 2.94. The highest BCUT2D eigenvalue weighted by Gasteiger charge is 2.16. The Morgan fingerprint density at radius 1 is 1.50 bits per heavy atom. The Kier molecular flexibility index (Phi) is 3.56. The van der Waals surface area contributed by atoms with Crippen LogP contribution in [0.3, 0.4) is 0 Å². The van der Waals surface area contributed by atoms with Crippen molar-refractivity contribution < 1.29 is 4.39 Å². The van der Waals surface area contributed by atoms with Gasteiger partial charge in [0.05, 0.1) is 9.50 Å². The lowest BCUT2D eigenvalue weighted by atomic mass is 9.96. The van der Waals surface area contributed by atoms with Gasteiger partial charge in [-0.1, -0.05) is 17.7 Å². The molecule has 78 valence electrons. The first kappa shape index (κ1) is 12.0. The van der Waals surface area contributed by atoms with Gasteiger partial charge in [0.25, 0.3) is 0 Å². The molecule has 14 heavy (non-hydrogen) atoms. The number of halogens is 3. The topological polar surface area (TPSA) is 26.0 Å². The molecule has 0 bridgehead atoms. The molecule has 0 heterocycles. The van der Waals surface area contributed by atoms with Crippen LogP contribution in [0.5, 0.6) is 0 Å². The summed E-state index contributed by atoms with van der Waals surface area (Å²) < 4.78 is 13.8. The summed E-state index contributed by atoms with van der Waals surface area (Å²) >= 11 is 8.79. The fourth-order valence-corrected chi connectivity index (χ4v) is 1.95. The Labute approximate surface area is 96.6 Å². The maximum Gasteiger partial charge on any atom is 0.156 e. The van der Waals surface area contributed by atoms with Gasteiger partial charge in [-0.15, -0.1) is 0 Å². The Morgan fingerprint density at radius 2 is 2.07 bits per heavy atom. The third-order valence-electron chi connectivity index (χ3n) is 1.76. The second-order valence-corrected chi connectivity index (χ2v) is 5.20. The Balaban J connectivity index is 3.06. The van der Waals surface area contributed by atoms with Crippen molar-refractivity contribution >= 4 is 27.5 Å². The molecule has 0 spiro atoms. The predicted octanol–water partition coefficient (Wildman–Crippen LogP) is 3.52. The van der Waals surface area contributed by atoms with Crippen molar-refractivity contribution in [3.63, 3.8) is 0 Å². The van der Waals surface area contributed by atoms with E-state index >= 15 is 0 Å². The third-order valence-corrected chi connectivity index (χ3v) is 2.91. The van der Waals surface area contributed by atoms with Gasteiger partial charge in [0.1, 0.15) is 0 Å². The standard InChI is InChI=1S/C10H12BrClFN/c1-10(2,14)5-6-3-4-7(12)9(13)8(6)11/h3-4H,5,14H2,1-2H3. The van der Waals surface area contributed by atoms with Crippen molar-refractivity contribution in [1.82, 2.24) is 0 Å². The van der Waals surface area contributed by atoms with E-state index in [0.29, 0.717) is 10.9 Å². The van der Waals surface area contributed by atoms with Crippen molar-refractivity contribution in [3.8, 4) is 0 Å². The molecule has 0 aliphatic rings. The molecule has 1 aromatic carbocycles. The molecule has 4 heteroatoms. The van der Waals surface area contributed by atoms with Crippen LogP contribution in [-0.4, -0.2) is 5.54 Å². The fraction of sp³-hybridized carbons (Fsp3) is 0.400. The number of hydrogen-bond donors (Lipinski definition) is 1. The molecule has 0 atom stereocenters. The SMILES string of the molecule is CC(C)(N)Cc1ccc(Cl)c(F)c1Br. The minimum atomic E-state index is -0.423. The van der Waals surface area contributed by atoms with Gasteiger partial charge in [-0.3, -0.25) is 0 Å². The zero-order valence-electron chi connectivity index (χ0n) is 8.07. The summed E-state index contributed by atoms with van der Waals surface area (Å²) in [5.74, 6) is -0.423. The van der Waals surface area contributed by atoms with Gasteiger partial charge in [0.2, 0.25) is 0 Å². The molecule has 2 N–H and O–H groups in total. The molecule has 0 saturated carbocycles. The summed E-state index contributed by atoms with van der Waals surface area (Å²) in [6.07, 6.45) is 0.599. The van der Waals surface area contributed by atoms with E-state index in [1.165, 1.54) is 0 Å². The van der Waals surface area contributed by atoms with Gasteiger partial charge in [-0.2, -0.15) is 0 Å². The van der Waals surface area contributed by atoms with Crippen LogP contribution in [0.15, 0.2) is 16.6 Å². The van der Waals surface area contributed by atoms with Crippen molar-refractivity contribution in [2.45, 2.75) is 25.8 Å². The van der Waals surface area contributed by atoms with Gasteiger partial charge >= 0.3 is 0 Å². The molecular formula is C10H12BrClFN. The Morgan fingerprint density at radius 3 is 2.57 bits per heavy atom. The molecule has 0 saturated heterocycles. The van der Waals surface area contributed by atoms with Gasteiger partial charge in [-0.05, 0) is 47.8 Å². The van der Waals surface area contributed by atoms with E-state index in [1.807, 2.05) is 13.8 Å². The monoisotopic (exact) mass is 279 g/mol. The van der Waals surface area contributed by atoms with Crippen LogP contribution < -0.4 is 5.73 Å². The van der Waals surface area contributed by atoms with E-state index in [4.69, 9.17) is 17.3 Å². The first-order valence-corrected chi connectivity index (χ1v) is 5.39. The molecule has 1 aromatic rings. The van der Waals surface area contributed by atoms with Crippen LogP contribution >= 0.6 is 27.5 Å². The lowest BCUT2D eigenvalue weighted by Crippen LogP contribution is -2.34. The van der Waals surface area contributed by atoms with Crippen LogP contribution in [0.4, 0.5) is 4.39 Å².